The molecule has 0 heterocycles. The van der Waals surface area contributed by atoms with E-state index < -0.39 is 0 Å². The fourth-order valence-electron chi connectivity index (χ4n) is 2.22. The molecule has 0 aromatic carbocycles. The predicted molar refractivity (Wildman–Crippen MR) is 50.9 cm³/mol. The second kappa shape index (κ2) is 3.88. The van der Waals surface area contributed by atoms with Gasteiger partial charge >= 0.3 is 0 Å². The van der Waals surface area contributed by atoms with Gasteiger partial charge in [-0.05, 0) is 24.7 Å². The Kier molecular flexibility index (Phi) is 3.07. The molecule has 0 amide bonds. The van der Waals surface area contributed by atoms with Crippen LogP contribution in [-0.4, -0.2) is 5.78 Å². The van der Waals surface area contributed by atoms with Crippen molar-refractivity contribution in [2.75, 3.05) is 0 Å². The maximum absolute atomic E-state index is 11.4. The van der Waals surface area contributed by atoms with Crippen molar-refractivity contribution < 1.29 is 4.79 Å². The van der Waals surface area contributed by atoms with Crippen LogP contribution in [0.1, 0.15) is 33.1 Å². The molecule has 0 unspecified atom stereocenters. The maximum Gasteiger partial charge on any atom is 0.136 e. The summed E-state index contributed by atoms with van der Waals surface area (Å²) in [6.45, 7) is 8.12. The van der Waals surface area contributed by atoms with Gasteiger partial charge in [0.25, 0.3) is 0 Å². The van der Waals surface area contributed by atoms with E-state index in [0.29, 0.717) is 17.6 Å². The van der Waals surface area contributed by atoms with Gasteiger partial charge < -0.3 is 0 Å². The van der Waals surface area contributed by atoms with Crippen LogP contribution in [0.3, 0.4) is 0 Å². The molecule has 0 aromatic heterocycles. The summed E-state index contributed by atoms with van der Waals surface area (Å²) in [6.07, 6.45) is 4.64. The van der Waals surface area contributed by atoms with Gasteiger partial charge in [-0.3, -0.25) is 4.79 Å². The van der Waals surface area contributed by atoms with Crippen molar-refractivity contribution >= 4 is 5.78 Å². The van der Waals surface area contributed by atoms with Crippen molar-refractivity contribution in [2.45, 2.75) is 33.1 Å². The standard InChI is InChI=1S/C11H18O/c1-4-5-10-9(8(2)3)6-7-11(10)12/h4,8-10H,1,5-7H2,2-3H3/t9-,10+/m1/s1. The summed E-state index contributed by atoms with van der Waals surface area (Å²) < 4.78 is 0. The highest BCUT2D eigenvalue weighted by atomic mass is 16.1. The van der Waals surface area contributed by atoms with Crippen LogP contribution < -0.4 is 0 Å². The Balaban J connectivity index is 2.63. The fraction of sp³-hybridized carbons (Fsp3) is 0.727. The van der Waals surface area contributed by atoms with E-state index in [-0.39, 0.29) is 5.92 Å². The Hall–Kier alpha value is -0.590. The topological polar surface area (TPSA) is 17.1 Å². The molecule has 68 valence electrons. The van der Waals surface area contributed by atoms with E-state index in [9.17, 15) is 4.79 Å². The van der Waals surface area contributed by atoms with Crippen molar-refractivity contribution in [3.63, 3.8) is 0 Å². The lowest BCUT2D eigenvalue weighted by Crippen LogP contribution is -2.18. The molecule has 0 aromatic rings. The van der Waals surface area contributed by atoms with E-state index >= 15 is 0 Å². The molecular weight excluding hydrogens is 148 g/mol. The highest BCUT2D eigenvalue weighted by Crippen LogP contribution is 2.36. The van der Waals surface area contributed by atoms with Gasteiger partial charge in [-0.2, -0.15) is 0 Å². The summed E-state index contributed by atoms with van der Waals surface area (Å²) in [5.74, 6) is 1.98. The molecule has 1 saturated carbocycles. The molecule has 1 heteroatoms. The predicted octanol–water partition coefficient (Wildman–Crippen LogP) is 2.81. The molecule has 0 N–H and O–H groups in total. The van der Waals surface area contributed by atoms with Gasteiger partial charge in [-0.15, -0.1) is 6.58 Å². The summed E-state index contributed by atoms with van der Waals surface area (Å²) in [5, 5.41) is 0. The van der Waals surface area contributed by atoms with Crippen LogP contribution >= 0.6 is 0 Å². The zero-order valence-electron chi connectivity index (χ0n) is 8.05. The minimum absolute atomic E-state index is 0.280. The van der Waals surface area contributed by atoms with Gasteiger partial charge in [0, 0.05) is 12.3 Å². The first-order valence-corrected chi connectivity index (χ1v) is 4.80. The van der Waals surface area contributed by atoms with E-state index in [1.54, 1.807) is 0 Å². The SMILES string of the molecule is C=CC[C@@H]1C(=O)CC[C@@H]1C(C)C. The molecule has 1 aliphatic rings. The number of carbonyl (C=O) groups excluding carboxylic acids is 1. The quantitative estimate of drug-likeness (QED) is 0.589. The molecule has 0 saturated heterocycles. The molecule has 0 spiro atoms. The van der Waals surface area contributed by atoms with Crippen LogP contribution in [0.4, 0.5) is 0 Å². The normalized spacial score (nSPS) is 29.8. The summed E-state index contributed by atoms with van der Waals surface area (Å²) in [7, 11) is 0. The van der Waals surface area contributed by atoms with Crippen molar-refractivity contribution in [3.05, 3.63) is 12.7 Å². The number of hydrogen-bond donors (Lipinski definition) is 0. The molecule has 0 radical (unpaired) electrons. The third kappa shape index (κ3) is 1.77. The third-order valence-electron chi connectivity index (χ3n) is 2.93. The average molecular weight is 166 g/mol. The van der Waals surface area contributed by atoms with E-state index in [1.807, 2.05) is 6.08 Å². The summed E-state index contributed by atoms with van der Waals surface area (Å²) in [5.41, 5.74) is 0. The molecule has 1 fully saturated rings. The zero-order valence-corrected chi connectivity index (χ0v) is 8.05. The lowest BCUT2D eigenvalue weighted by atomic mass is 9.84. The van der Waals surface area contributed by atoms with Crippen LogP contribution in [0.2, 0.25) is 0 Å². The van der Waals surface area contributed by atoms with Gasteiger partial charge in [0.05, 0.1) is 0 Å². The Labute approximate surface area is 74.9 Å². The number of ketones is 1. The molecule has 0 bridgehead atoms. The Morgan fingerprint density at radius 1 is 1.67 bits per heavy atom. The van der Waals surface area contributed by atoms with Gasteiger partial charge in [0.1, 0.15) is 5.78 Å². The third-order valence-corrected chi connectivity index (χ3v) is 2.93. The van der Waals surface area contributed by atoms with Crippen molar-refractivity contribution in [1.82, 2.24) is 0 Å². The van der Waals surface area contributed by atoms with Crippen molar-refractivity contribution in [1.29, 1.82) is 0 Å². The number of allylic oxidation sites excluding steroid dienone is 1. The summed E-state index contributed by atoms with van der Waals surface area (Å²) in [4.78, 5) is 11.4. The molecule has 2 atom stereocenters. The zero-order chi connectivity index (χ0) is 9.14. The smallest absolute Gasteiger partial charge is 0.136 e. The average Bonchev–Trinajstić information content (AvgIpc) is 2.34. The number of hydrogen-bond acceptors (Lipinski definition) is 1. The first-order valence-electron chi connectivity index (χ1n) is 4.80. The monoisotopic (exact) mass is 166 g/mol. The minimum Gasteiger partial charge on any atom is -0.299 e. The minimum atomic E-state index is 0.280. The van der Waals surface area contributed by atoms with Crippen molar-refractivity contribution in [2.24, 2.45) is 17.8 Å². The van der Waals surface area contributed by atoms with Gasteiger partial charge in [0.2, 0.25) is 0 Å². The molecule has 1 nitrogen and oxygen atoms in total. The molecule has 1 aliphatic carbocycles. The van der Waals surface area contributed by atoms with Crippen molar-refractivity contribution in [3.8, 4) is 0 Å². The molecule has 12 heavy (non-hydrogen) atoms. The Morgan fingerprint density at radius 3 is 2.83 bits per heavy atom. The maximum atomic E-state index is 11.4. The Bertz CT molecular complexity index is 181. The molecule has 0 aliphatic heterocycles. The highest BCUT2D eigenvalue weighted by molar-refractivity contribution is 5.83. The fourth-order valence-corrected chi connectivity index (χ4v) is 2.22. The number of Topliss-reactive ketones (excluding diaryl/α,β-unsaturated/α-hetero) is 1. The summed E-state index contributed by atoms with van der Waals surface area (Å²) in [6, 6.07) is 0. The van der Waals surface area contributed by atoms with E-state index in [1.165, 1.54) is 0 Å². The second-order valence-corrected chi connectivity index (χ2v) is 4.04. The van der Waals surface area contributed by atoms with Crippen LogP contribution in [-0.2, 0) is 4.79 Å². The van der Waals surface area contributed by atoms with E-state index in [0.717, 1.165) is 19.3 Å². The Morgan fingerprint density at radius 2 is 2.33 bits per heavy atom. The lowest BCUT2D eigenvalue weighted by molar-refractivity contribution is -0.121. The molecular formula is C11H18O. The molecule has 1 rings (SSSR count). The van der Waals surface area contributed by atoms with E-state index in [2.05, 4.69) is 20.4 Å². The van der Waals surface area contributed by atoms with E-state index in [4.69, 9.17) is 0 Å². The highest BCUT2D eigenvalue weighted by Gasteiger charge is 2.34. The summed E-state index contributed by atoms with van der Waals surface area (Å²) >= 11 is 0. The first-order chi connectivity index (χ1) is 5.66. The van der Waals surface area contributed by atoms with Gasteiger partial charge in [0.15, 0.2) is 0 Å². The van der Waals surface area contributed by atoms with Crippen LogP contribution in [0, 0.1) is 17.8 Å². The first kappa shape index (κ1) is 9.50. The van der Waals surface area contributed by atoms with Gasteiger partial charge in [-0.1, -0.05) is 19.9 Å². The largest absolute Gasteiger partial charge is 0.299 e. The van der Waals surface area contributed by atoms with Crippen LogP contribution in [0.25, 0.3) is 0 Å². The van der Waals surface area contributed by atoms with Crippen LogP contribution in [0.5, 0.6) is 0 Å². The van der Waals surface area contributed by atoms with Crippen LogP contribution in [0.15, 0.2) is 12.7 Å². The number of carbonyl (C=O) groups is 1. The second-order valence-electron chi connectivity index (χ2n) is 4.04. The number of rotatable bonds is 3. The van der Waals surface area contributed by atoms with Gasteiger partial charge in [-0.25, -0.2) is 0 Å². The lowest BCUT2D eigenvalue weighted by Gasteiger charge is -2.20.